The van der Waals surface area contributed by atoms with Crippen molar-refractivity contribution in [3.63, 3.8) is 0 Å². The zero-order valence-electron chi connectivity index (χ0n) is 16.4. The number of rotatable bonds is 7. The van der Waals surface area contributed by atoms with Crippen LogP contribution in [-0.4, -0.2) is 37.0 Å². The van der Waals surface area contributed by atoms with Crippen LogP contribution in [0.1, 0.15) is 38.2 Å². The second kappa shape index (κ2) is 9.56. The van der Waals surface area contributed by atoms with E-state index in [0.717, 1.165) is 50.3 Å². The summed E-state index contributed by atoms with van der Waals surface area (Å²) < 4.78 is 5.26. The Kier molecular flexibility index (Phi) is 6.88. The average molecular weight is 367 g/mol. The van der Waals surface area contributed by atoms with Crippen LogP contribution in [0.3, 0.4) is 0 Å². The second-order valence-corrected chi connectivity index (χ2v) is 7.20. The summed E-state index contributed by atoms with van der Waals surface area (Å²) in [5.74, 6) is 1.04. The number of amides is 1. The molecule has 1 saturated heterocycles. The first-order chi connectivity index (χ1) is 13.2. The molecule has 0 spiro atoms. The number of ether oxygens (including phenoxy) is 1. The Morgan fingerprint density at radius 1 is 1.07 bits per heavy atom. The molecule has 1 amide bonds. The van der Waals surface area contributed by atoms with E-state index in [1.807, 2.05) is 29.2 Å². The van der Waals surface area contributed by atoms with Crippen molar-refractivity contribution in [2.75, 3.05) is 25.1 Å². The van der Waals surface area contributed by atoms with Crippen molar-refractivity contribution < 1.29 is 9.53 Å². The fourth-order valence-electron chi connectivity index (χ4n) is 3.81. The Balaban J connectivity index is 1.67. The predicted molar refractivity (Wildman–Crippen MR) is 110 cm³/mol. The molecular formula is C23H30N2O2. The molecule has 144 valence electrons. The molecule has 2 aromatic carbocycles. The van der Waals surface area contributed by atoms with Gasteiger partial charge in [0.25, 0.3) is 0 Å². The van der Waals surface area contributed by atoms with Crippen LogP contribution in [0, 0.1) is 0 Å². The van der Waals surface area contributed by atoms with E-state index in [4.69, 9.17) is 4.74 Å². The van der Waals surface area contributed by atoms with E-state index in [9.17, 15) is 4.79 Å². The maximum absolute atomic E-state index is 12.9. The minimum Gasteiger partial charge on any atom is -0.497 e. The molecule has 2 aromatic rings. The predicted octanol–water partition coefficient (Wildman–Crippen LogP) is 4.49. The van der Waals surface area contributed by atoms with Gasteiger partial charge in [0, 0.05) is 37.8 Å². The lowest BCUT2D eigenvalue weighted by atomic mass is 10.0. The van der Waals surface area contributed by atoms with Gasteiger partial charge in [0.1, 0.15) is 5.75 Å². The molecule has 27 heavy (non-hydrogen) atoms. The Bertz CT molecular complexity index is 707. The number of hydrogen-bond donors (Lipinski definition) is 0. The van der Waals surface area contributed by atoms with E-state index in [-0.39, 0.29) is 11.9 Å². The lowest BCUT2D eigenvalue weighted by Gasteiger charge is -2.38. The van der Waals surface area contributed by atoms with Gasteiger partial charge in [-0.25, -0.2) is 0 Å². The van der Waals surface area contributed by atoms with Crippen LogP contribution in [0.25, 0.3) is 0 Å². The minimum absolute atomic E-state index is 0.226. The normalized spacial score (nSPS) is 15.5. The van der Waals surface area contributed by atoms with Crippen molar-refractivity contribution in [2.45, 2.75) is 45.2 Å². The number of methoxy groups -OCH3 is 1. The molecule has 4 nitrogen and oxygen atoms in total. The number of piperidine rings is 1. The van der Waals surface area contributed by atoms with Crippen LogP contribution in [0.2, 0.25) is 0 Å². The lowest BCUT2D eigenvalue weighted by Crippen LogP contribution is -2.47. The standard InChI is InChI=1S/C23H30N2O2/c1-3-7-23(26)25(20-10-12-22(27-2)13-11-20)21-14-16-24(17-15-21)18-19-8-5-4-6-9-19/h4-6,8-13,21H,3,7,14-18H2,1-2H3. The highest BCUT2D eigenvalue weighted by Gasteiger charge is 2.28. The van der Waals surface area contributed by atoms with Gasteiger partial charge in [0.05, 0.1) is 7.11 Å². The van der Waals surface area contributed by atoms with Gasteiger partial charge in [-0.3, -0.25) is 9.69 Å². The topological polar surface area (TPSA) is 32.8 Å². The fourth-order valence-corrected chi connectivity index (χ4v) is 3.81. The zero-order valence-corrected chi connectivity index (χ0v) is 16.4. The molecule has 1 aliphatic rings. The smallest absolute Gasteiger partial charge is 0.227 e. The SMILES string of the molecule is CCCC(=O)N(c1ccc(OC)cc1)C1CCN(Cc2ccccc2)CC1. The molecular weight excluding hydrogens is 336 g/mol. The van der Waals surface area contributed by atoms with Crippen molar-refractivity contribution in [1.29, 1.82) is 0 Å². The largest absolute Gasteiger partial charge is 0.497 e. The minimum atomic E-state index is 0.226. The first-order valence-electron chi connectivity index (χ1n) is 9.93. The van der Waals surface area contributed by atoms with Crippen LogP contribution in [0.15, 0.2) is 54.6 Å². The third-order valence-electron chi connectivity index (χ3n) is 5.25. The quantitative estimate of drug-likeness (QED) is 0.724. The molecule has 4 heteroatoms. The van der Waals surface area contributed by atoms with Gasteiger partial charge in [0.2, 0.25) is 5.91 Å². The van der Waals surface area contributed by atoms with Crippen molar-refractivity contribution in [3.8, 4) is 5.75 Å². The van der Waals surface area contributed by atoms with Crippen molar-refractivity contribution in [1.82, 2.24) is 4.90 Å². The van der Waals surface area contributed by atoms with Gasteiger partial charge in [0.15, 0.2) is 0 Å². The summed E-state index contributed by atoms with van der Waals surface area (Å²) in [5, 5.41) is 0. The first-order valence-corrected chi connectivity index (χ1v) is 9.93. The monoisotopic (exact) mass is 366 g/mol. The van der Waals surface area contributed by atoms with E-state index in [2.05, 4.69) is 42.2 Å². The summed E-state index contributed by atoms with van der Waals surface area (Å²) in [6.45, 7) is 5.09. The molecule has 0 atom stereocenters. The molecule has 0 bridgehead atoms. The van der Waals surface area contributed by atoms with Crippen molar-refractivity contribution in [3.05, 3.63) is 60.2 Å². The maximum atomic E-state index is 12.9. The third-order valence-corrected chi connectivity index (χ3v) is 5.25. The number of carbonyl (C=O) groups excluding carboxylic acids is 1. The summed E-state index contributed by atoms with van der Waals surface area (Å²) in [4.78, 5) is 17.4. The van der Waals surface area contributed by atoms with Gasteiger partial charge in [-0.15, -0.1) is 0 Å². The molecule has 0 aromatic heterocycles. The number of benzene rings is 2. The summed E-state index contributed by atoms with van der Waals surface area (Å²) >= 11 is 0. The molecule has 0 radical (unpaired) electrons. The molecule has 0 N–H and O–H groups in total. The molecule has 1 aliphatic heterocycles. The summed E-state index contributed by atoms with van der Waals surface area (Å²) in [5.41, 5.74) is 2.33. The molecule has 0 aliphatic carbocycles. The van der Waals surface area contributed by atoms with E-state index in [0.29, 0.717) is 6.42 Å². The Morgan fingerprint density at radius 2 is 1.74 bits per heavy atom. The molecule has 0 unspecified atom stereocenters. The zero-order chi connectivity index (χ0) is 19.1. The number of carbonyl (C=O) groups is 1. The van der Waals surface area contributed by atoms with Crippen LogP contribution in [0.5, 0.6) is 5.75 Å². The van der Waals surface area contributed by atoms with E-state index < -0.39 is 0 Å². The Labute approximate surface area is 162 Å². The first kappa shape index (κ1) is 19.4. The molecule has 3 rings (SSSR count). The Morgan fingerprint density at radius 3 is 2.33 bits per heavy atom. The van der Waals surface area contributed by atoms with Crippen LogP contribution in [-0.2, 0) is 11.3 Å². The fraction of sp³-hybridized carbons (Fsp3) is 0.435. The number of anilines is 1. The van der Waals surface area contributed by atoms with Crippen LogP contribution >= 0.6 is 0 Å². The maximum Gasteiger partial charge on any atom is 0.227 e. The van der Waals surface area contributed by atoms with Crippen LogP contribution < -0.4 is 9.64 Å². The van der Waals surface area contributed by atoms with Gasteiger partial charge in [-0.05, 0) is 49.1 Å². The lowest BCUT2D eigenvalue weighted by molar-refractivity contribution is -0.119. The third kappa shape index (κ3) is 5.10. The summed E-state index contributed by atoms with van der Waals surface area (Å²) in [6.07, 6.45) is 3.48. The average Bonchev–Trinajstić information content (AvgIpc) is 2.71. The van der Waals surface area contributed by atoms with Crippen LogP contribution in [0.4, 0.5) is 5.69 Å². The highest BCUT2D eigenvalue weighted by atomic mass is 16.5. The molecule has 1 heterocycles. The number of nitrogens with zero attached hydrogens (tertiary/aromatic N) is 2. The summed E-state index contributed by atoms with van der Waals surface area (Å²) in [7, 11) is 1.66. The second-order valence-electron chi connectivity index (χ2n) is 7.20. The van der Waals surface area contributed by atoms with E-state index >= 15 is 0 Å². The number of likely N-dealkylation sites (tertiary alicyclic amines) is 1. The van der Waals surface area contributed by atoms with E-state index in [1.54, 1.807) is 7.11 Å². The van der Waals surface area contributed by atoms with Gasteiger partial charge in [-0.2, -0.15) is 0 Å². The molecule has 0 saturated carbocycles. The molecule has 1 fully saturated rings. The number of hydrogen-bond acceptors (Lipinski definition) is 3. The highest BCUT2D eigenvalue weighted by molar-refractivity contribution is 5.94. The van der Waals surface area contributed by atoms with Gasteiger partial charge in [-0.1, -0.05) is 37.3 Å². The summed E-state index contributed by atoms with van der Waals surface area (Å²) in [6, 6.07) is 18.8. The highest BCUT2D eigenvalue weighted by Crippen LogP contribution is 2.27. The van der Waals surface area contributed by atoms with E-state index in [1.165, 1.54) is 5.56 Å². The van der Waals surface area contributed by atoms with Crippen molar-refractivity contribution in [2.24, 2.45) is 0 Å². The van der Waals surface area contributed by atoms with Gasteiger partial charge >= 0.3 is 0 Å². The van der Waals surface area contributed by atoms with Gasteiger partial charge < -0.3 is 9.64 Å². The Hall–Kier alpha value is -2.33. The van der Waals surface area contributed by atoms with Crippen molar-refractivity contribution >= 4 is 11.6 Å².